The zero-order valence-electron chi connectivity index (χ0n) is 11.2. The van der Waals surface area contributed by atoms with Gasteiger partial charge < -0.3 is 9.73 Å². The summed E-state index contributed by atoms with van der Waals surface area (Å²) >= 11 is 0. The number of sulfonamides is 1. The van der Waals surface area contributed by atoms with Crippen LogP contribution in [0.15, 0.2) is 32.3 Å². The van der Waals surface area contributed by atoms with Crippen LogP contribution >= 0.6 is 12.4 Å². The van der Waals surface area contributed by atoms with Gasteiger partial charge in [0.2, 0.25) is 10.0 Å². The topological polar surface area (TPSA) is 95.4 Å². The molecule has 0 atom stereocenters. The highest BCUT2D eigenvalue weighted by Crippen LogP contribution is 2.20. The normalized spacial score (nSPS) is 17.3. The Morgan fingerprint density at radius 2 is 2.00 bits per heavy atom. The Labute approximate surface area is 127 Å². The highest BCUT2D eigenvalue weighted by molar-refractivity contribution is 7.89. The second-order valence-electron chi connectivity index (χ2n) is 4.68. The third kappa shape index (κ3) is 3.13. The third-order valence-electron chi connectivity index (χ3n) is 3.33. The quantitative estimate of drug-likeness (QED) is 0.835. The van der Waals surface area contributed by atoms with E-state index < -0.39 is 15.8 Å². The van der Waals surface area contributed by atoms with Gasteiger partial charge in [0, 0.05) is 19.6 Å². The molecule has 1 aliphatic heterocycles. The van der Waals surface area contributed by atoms with Crippen molar-refractivity contribution in [2.24, 2.45) is 0 Å². The Hall–Kier alpha value is -1.35. The summed E-state index contributed by atoms with van der Waals surface area (Å²) in [6.07, 6.45) is 0.782. The Bertz CT molecular complexity index is 775. The third-order valence-corrected chi connectivity index (χ3v) is 5.22. The van der Waals surface area contributed by atoms with Crippen LogP contribution in [0.3, 0.4) is 0 Å². The predicted octanol–water partition coefficient (Wildman–Crippen LogP) is 0.527. The molecule has 21 heavy (non-hydrogen) atoms. The number of nitrogens with zero attached hydrogens (tertiary/aromatic N) is 1. The molecule has 116 valence electrons. The Morgan fingerprint density at radius 3 is 2.81 bits per heavy atom. The number of aromatic nitrogens is 1. The smallest absolute Gasteiger partial charge is 0.408 e. The molecule has 1 saturated heterocycles. The molecule has 7 nitrogen and oxygen atoms in total. The van der Waals surface area contributed by atoms with Crippen molar-refractivity contribution >= 4 is 33.5 Å². The predicted molar refractivity (Wildman–Crippen MR) is 80.3 cm³/mol. The Morgan fingerprint density at radius 1 is 1.19 bits per heavy atom. The lowest BCUT2D eigenvalue weighted by molar-refractivity contribution is 0.432. The molecule has 9 heteroatoms. The number of aromatic amines is 1. The molecule has 0 saturated carbocycles. The number of oxazole rings is 1. The van der Waals surface area contributed by atoms with Gasteiger partial charge in [-0.25, -0.2) is 13.2 Å². The van der Waals surface area contributed by atoms with Crippen LogP contribution in [0.1, 0.15) is 6.42 Å². The van der Waals surface area contributed by atoms with E-state index in [9.17, 15) is 13.2 Å². The molecule has 2 N–H and O–H groups in total. The lowest BCUT2D eigenvalue weighted by Crippen LogP contribution is -2.34. The van der Waals surface area contributed by atoms with Gasteiger partial charge >= 0.3 is 5.76 Å². The van der Waals surface area contributed by atoms with Crippen molar-refractivity contribution in [1.82, 2.24) is 14.6 Å². The van der Waals surface area contributed by atoms with Crippen LogP contribution in [0.2, 0.25) is 0 Å². The average molecular weight is 334 g/mol. The number of nitrogens with one attached hydrogen (secondary N) is 2. The summed E-state index contributed by atoms with van der Waals surface area (Å²) in [4.78, 5) is 13.7. The Balaban J connectivity index is 0.00000161. The van der Waals surface area contributed by atoms with E-state index in [1.54, 1.807) is 0 Å². The summed E-state index contributed by atoms with van der Waals surface area (Å²) in [5, 5.41) is 3.17. The molecule has 0 amide bonds. The van der Waals surface area contributed by atoms with Crippen molar-refractivity contribution in [1.29, 1.82) is 0 Å². The summed E-state index contributed by atoms with van der Waals surface area (Å²) in [6, 6.07) is 4.40. The second-order valence-corrected chi connectivity index (χ2v) is 6.62. The molecular weight excluding hydrogens is 318 g/mol. The summed E-state index contributed by atoms with van der Waals surface area (Å²) in [5.41, 5.74) is 0.746. The van der Waals surface area contributed by atoms with Gasteiger partial charge in [0.15, 0.2) is 5.58 Å². The molecular formula is C12H16ClN3O4S. The maximum absolute atomic E-state index is 12.6. The molecule has 1 aromatic carbocycles. The standard InChI is InChI=1S/C12H15N3O4S.ClH/c16-12-14-10-8-9(2-3-11(10)19-12)20(17,18)15-6-1-4-13-5-7-15;/h2-3,8,13H,1,4-7H2,(H,14,16);1H. The number of fused-ring (bicyclic) bond motifs is 1. The van der Waals surface area contributed by atoms with Crippen molar-refractivity contribution in [3.8, 4) is 0 Å². The first kappa shape index (κ1) is 16.0. The van der Waals surface area contributed by atoms with Gasteiger partial charge in [0.1, 0.15) is 0 Å². The van der Waals surface area contributed by atoms with Crippen molar-refractivity contribution < 1.29 is 12.8 Å². The van der Waals surface area contributed by atoms with E-state index >= 15 is 0 Å². The highest BCUT2D eigenvalue weighted by atomic mass is 35.5. The van der Waals surface area contributed by atoms with E-state index in [0.717, 1.165) is 13.0 Å². The fourth-order valence-electron chi connectivity index (χ4n) is 2.30. The first-order valence-corrected chi connectivity index (χ1v) is 7.85. The molecule has 0 radical (unpaired) electrons. The number of benzene rings is 1. The maximum Gasteiger partial charge on any atom is 0.417 e. The van der Waals surface area contributed by atoms with Gasteiger partial charge in [-0.3, -0.25) is 4.98 Å². The average Bonchev–Trinajstić information content (AvgIpc) is 2.63. The molecule has 0 spiro atoms. The van der Waals surface area contributed by atoms with Gasteiger partial charge in [-0.2, -0.15) is 4.31 Å². The van der Waals surface area contributed by atoms with E-state index in [0.29, 0.717) is 30.7 Å². The second kappa shape index (κ2) is 6.18. The number of rotatable bonds is 2. The summed E-state index contributed by atoms with van der Waals surface area (Å²) < 4.78 is 31.5. The van der Waals surface area contributed by atoms with Gasteiger partial charge in [-0.1, -0.05) is 0 Å². The zero-order valence-corrected chi connectivity index (χ0v) is 12.8. The van der Waals surface area contributed by atoms with Crippen molar-refractivity contribution in [3.63, 3.8) is 0 Å². The molecule has 0 unspecified atom stereocenters. The number of halogens is 1. The molecule has 1 fully saturated rings. The molecule has 2 aromatic rings. The summed E-state index contributed by atoms with van der Waals surface area (Å²) in [7, 11) is -3.54. The fraction of sp³-hybridized carbons (Fsp3) is 0.417. The van der Waals surface area contributed by atoms with Crippen molar-refractivity contribution in [3.05, 3.63) is 28.7 Å². The first-order chi connectivity index (χ1) is 9.57. The van der Waals surface area contributed by atoms with Gasteiger partial charge in [0.25, 0.3) is 0 Å². The van der Waals surface area contributed by atoms with Crippen LogP contribution in [0.25, 0.3) is 11.1 Å². The highest BCUT2D eigenvalue weighted by Gasteiger charge is 2.25. The van der Waals surface area contributed by atoms with E-state index in [-0.39, 0.29) is 17.3 Å². The minimum absolute atomic E-state index is 0. The van der Waals surface area contributed by atoms with Crippen LogP contribution in [0, 0.1) is 0 Å². The van der Waals surface area contributed by atoms with E-state index in [1.807, 2.05) is 0 Å². The zero-order chi connectivity index (χ0) is 14.2. The number of H-pyrrole nitrogens is 1. The minimum Gasteiger partial charge on any atom is -0.408 e. The monoisotopic (exact) mass is 333 g/mol. The van der Waals surface area contributed by atoms with Gasteiger partial charge in [-0.05, 0) is 31.2 Å². The van der Waals surface area contributed by atoms with Crippen molar-refractivity contribution in [2.75, 3.05) is 26.2 Å². The molecule has 3 rings (SSSR count). The number of hydrogen-bond donors (Lipinski definition) is 2. The molecule has 2 heterocycles. The van der Waals surface area contributed by atoms with Crippen LogP contribution in [-0.2, 0) is 10.0 Å². The van der Waals surface area contributed by atoms with E-state index in [2.05, 4.69) is 10.3 Å². The van der Waals surface area contributed by atoms with Crippen molar-refractivity contribution in [2.45, 2.75) is 11.3 Å². The van der Waals surface area contributed by atoms with Crippen LogP contribution in [-0.4, -0.2) is 43.9 Å². The van der Waals surface area contributed by atoms with Crippen LogP contribution in [0.5, 0.6) is 0 Å². The molecule has 1 aromatic heterocycles. The van der Waals surface area contributed by atoms with Gasteiger partial charge in [-0.15, -0.1) is 12.4 Å². The lowest BCUT2D eigenvalue weighted by Gasteiger charge is -2.19. The van der Waals surface area contributed by atoms with E-state index in [1.165, 1.54) is 22.5 Å². The number of hydrogen-bond acceptors (Lipinski definition) is 5. The summed E-state index contributed by atoms with van der Waals surface area (Å²) in [6.45, 7) is 2.40. The fourth-order valence-corrected chi connectivity index (χ4v) is 3.81. The molecule has 1 aliphatic rings. The maximum atomic E-state index is 12.6. The largest absolute Gasteiger partial charge is 0.417 e. The van der Waals surface area contributed by atoms with Crippen LogP contribution in [0.4, 0.5) is 0 Å². The lowest BCUT2D eigenvalue weighted by atomic mass is 10.3. The van der Waals surface area contributed by atoms with Crippen LogP contribution < -0.4 is 11.1 Å². The first-order valence-electron chi connectivity index (χ1n) is 6.41. The van der Waals surface area contributed by atoms with Gasteiger partial charge in [0.05, 0.1) is 10.4 Å². The minimum atomic E-state index is -3.54. The molecule has 0 bridgehead atoms. The Kier molecular flexibility index (Phi) is 4.72. The SMILES string of the molecule is Cl.O=c1[nH]c2cc(S(=O)(=O)N3CCCNCC3)ccc2o1. The summed E-state index contributed by atoms with van der Waals surface area (Å²) in [5.74, 6) is -0.589. The van der Waals surface area contributed by atoms with E-state index in [4.69, 9.17) is 4.42 Å². The molecule has 0 aliphatic carbocycles.